The summed E-state index contributed by atoms with van der Waals surface area (Å²) < 4.78 is 11.2. The monoisotopic (exact) mass is 372 g/mol. The van der Waals surface area contributed by atoms with Crippen molar-refractivity contribution in [3.63, 3.8) is 0 Å². The maximum absolute atomic E-state index is 11.5. The number of aromatic amines is 2. The van der Waals surface area contributed by atoms with Crippen LogP contribution in [0.1, 0.15) is 19.4 Å². The Bertz CT molecular complexity index is 988. The Labute approximate surface area is 140 Å². The number of H-pyrrole nitrogens is 2. The van der Waals surface area contributed by atoms with Crippen molar-refractivity contribution in [3.8, 4) is 0 Å². The molecule has 0 aliphatic carbocycles. The van der Waals surface area contributed by atoms with Crippen LogP contribution in [0.15, 0.2) is 21.7 Å². The predicted octanol–water partition coefficient (Wildman–Crippen LogP) is 0.170. The molecule has 0 radical (unpaired) electrons. The average molecular weight is 372 g/mol. The standard InChI is InChI=1S/C13H17N4O7P/c1-13(2,6-25(22,23)24)14-5-7-3-8(17(20)21)4-9-10(7)16-12(19)11(18)15-9/h3-4,14H,5-6H2,1-2H3,(H,15,18)(H,16,19)(H2,22,23,24). The van der Waals surface area contributed by atoms with Gasteiger partial charge in [0, 0.05) is 24.2 Å². The van der Waals surface area contributed by atoms with Gasteiger partial charge in [0.15, 0.2) is 0 Å². The van der Waals surface area contributed by atoms with E-state index >= 15 is 0 Å². The van der Waals surface area contributed by atoms with Gasteiger partial charge in [-0.25, -0.2) is 0 Å². The van der Waals surface area contributed by atoms with Crippen molar-refractivity contribution in [1.82, 2.24) is 15.3 Å². The van der Waals surface area contributed by atoms with Crippen LogP contribution >= 0.6 is 7.60 Å². The van der Waals surface area contributed by atoms with Gasteiger partial charge in [0.05, 0.1) is 22.1 Å². The van der Waals surface area contributed by atoms with Crippen LogP contribution in [0.25, 0.3) is 11.0 Å². The lowest BCUT2D eigenvalue weighted by Gasteiger charge is -2.26. The molecule has 5 N–H and O–H groups in total. The lowest BCUT2D eigenvalue weighted by molar-refractivity contribution is -0.384. The second kappa shape index (κ2) is 6.52. The first-order valence-corrected chi connectivity index (χ1v) is 8.91. The smallest absolute Gasteiger partial charge is 0.324 e. The maximum atomic E-state index is 11.5. The fraction of sp³-hybridized carbons (Fsp3) is 0.385. The zero-order valence-electron chi connectivity index (χ0n) is 13.4. The van der Waals surface area contributed by atoms with Crippen LogP contribution in [0.5, 0.6) is 0 Å². The summed E-state index contributed by atoms with van der Waals surface area (Å²) in [6.07, 6.45) is -0.444. The number of nitro groups is 1. The molecule has 0 saturated heterocycles. The Morgan fingerprint density at radius 2 is 1.84 bits per heavy atom. The quantitative estimate of drug-likeness (QED) is 0.206. The van der Waals surface area contributed by atoms with Crippen LogP contribution < -0.4 is 16.4 Å². The Morgan fingerprint density at radius 3 is 2.40 bits per heavy atom. The summed E-state index contributed by atoms with van der Waals surface area (Å²) in [5, 5.41) is 14.0. The number of rotatable bonds is 6. The first kappa shape index (κ1) is 19.0. The van der Waals surface area contributed by atoms with E-state index < -0.39 is 35.3 Å². The second-order valence-corrected chi connectivity index (χ2v) is 7.90. The molecule has 0 atom stereocenters. The number of non-ortho nitro benzene ring substituents is 1. The fourth-order valence-electron chi connectivity index (χ4n) is 2.43. The Kier molecular flexibility index (Phi) is 4.96. The topological polar surface area (TPSA) is 178 Å². The molecule has 12 heteroatoms. The minimum absolute atomic E-state index is 0.0207. The van der Waals surface area contributed by atoms with E-state index in [9.17, 15) is 24.3 Å². The number of nitrogens with one attached hydrogen (secondary N) is 3. The van der Waals surface area contributed by atoms with Crippen molar-refractivity contribution in [2.24, 2.45) is 0 Å². The summed E-state index contributed by atoms with van der Waals surface area (Å²) in [6.45, 7) is 3.11. The van der Waals surface area contributed by atoms with Gasteiger partial charge in [0.25, 0.3) is 5.69 Å². The van der Waals surface area contributed by atoms with Gasteiger partial charge in [0.2, 0.25) is 0 Å². The molecule has 0 unspecified atom stereocenters. The molecule has 1 heterocycles. The van der Waals surface area contributed by atoms with Crippen molar-refractivity contribution in [2.45, 2.75) is 25.9 Å². The number of nitro benzene ring substituents is 1. The van der Waals surface area contributed by atoms with E-state index in [-0.39, 0.29) is 23.3 Å². The number of hydrogen-bond acceptors (Lipinski definition) is 6. The van der Waals surface area contributed by atoms with Gasteiger partial charge >= 0.3 is 18.7 Å². The first-order valence-electron chi connectivity index (χ1n) is 7.11. The molecule has 2 rings (SSSR count). The molecule has 11 nitrogen and oxygen atoms in total. The van der Waals surface area contributed by atoms with E-state index in [1.54, 1.807) is 13.8 Å². The largest absolute Gasteiger partial charge is 0.327 e. The van der Waals surface area contributed by atoms with Gasteiger partial charge in [0.1, 0.15) is 0 Å². The van der Waals surface area contributed by atoms with Crippen LogP contribution in [0, 0.1) is 10.1 Å². The molecule has 0 saturated carbocycles. The molecule has 0 spiro atoms. The van der Waals surface area contributed by atoms with Gasteiger partial charge in [-0.05, 0) is 19.4 Å². The SMILES string of the molecule is CC(C)(CP(=O)(O)O)NCc1cc([N+](=O)[O-])cc2[nH]c(=O)c(=O)[nH]c12. The van der Waals surface area contributed by atoms with Crippen LogP contribution in [0.4, 0.5) is 5.69 Å². The Morgan fingerprint density at radius 1 is 1.24 bits per heavy atom. The molecule has 25 heavy (non-hydrogen) atoms. The highest BCUT2D eigenvalue weighted by molar-refractivity contribution is 7.51. The van der Waals surface area contributed by atoms with E-state index in [1.807, 2.05) is 0 Å². The van der Waals surface area contributed by atoms with E-state index in [0.717, 1.165) is 6.07 Å². The molecule has 1 aromatic carbocycles. The lowest BCUT2D eigenvalue weighted by atomic mass is 10.1. The third kappa shape index (κ3) is 4.83. The van der Waals surface area contributed by atoms with Gasteiger partial charge in [-0.3, -0.25) is 24.3 Å². The normalized spacial score (nSPS) is 12.5. The van der Waals surface area contributed by atoms with E-state index in [4.69, 9.17) is 9.79 Å². The van der Waals surface area contributed by atoms with Gasteiger partial charge < -0.3 is 25.1 Å². The third-order valence-electron chi connectivity index (χ3n) is 3.47. The van der Waals surface area contributed by atoms with Crippen LogP contribution in [0.3, 0.4) is 0 Å². The lowest BCUT2D eigenvalue weighted by Crippen LogP contribution is -2.42. The van der Waals surface area contributed by atoms with E-state index in [0.29, 0.717) is 5.56 Å². The number of nitrogens with zero attached hydrogens (tertiary/aromatic N) is 1. The van der Waals surface area contributed by atoms with Crippen LogP contribution in [0.2, 0.25) is 0 Å². The van der Waals surface area contributed by atoms with Gasteiger partial charge in [-0.2, -0.15) is 0 Å². The summed E-state index contributed by atoms with van der Waals surface area (Å²) in [7, 11) is -4.27. The van der Waals surface area contributed by atoms with Crippen molar-refractivity contribution in [3.05, 3.63) is 48.5 Å². The summed E-state index contributed by atoms with van der Waals surface area (Å²) in [5.74, 6) is 0. The first-order chi connectivity index (χ1) is 11.4. The van der Waals surface area contributed by atoms with Gasteiger partial charge in [-0.15, -0.1) is 0 Å². The maximum Gasteiger partial charge on any atom is 0.327 e. The number of fused-ring (bicyclic) bond motifs is 1. The zero-order valence-corrected chi connectivity index (χ0v) is 14.3. The number of aromatic nitrogens is 2. The molecule has 0 fully saturated rings. The third-order valence-corrected chi connectivity index (χ3v) is 4.67. The summed E-state index contributed by atoms with van der Waals surface area (Å²) >= 11 is 0. The van der Waals surface area contributed by atoms with Crippen molar-refractivity contribution in [2.75, 3.05) is 6.16 Å². The van der Waals surface area contributed by atoms with Gasteiger partial charge in [-0.1, -0.05) is 0 Å². The summed E-state index contributed by atoms with van der Waals surface area (Å²) in [5.41, 5.74) is -2.52. The summed E-state index contributed by atoms with van der Waals surface area (Å²) in [6, 6.07) is 2.34. The molecule has 136 valence electrons. The zero-order chi connectivity index (χ0) is 19.0. The molecule has 0 bridgehead atoms. The number of hydrogen-bond donors (Lipinski definition) is 5. The predicted molar refractivity (Wildman–Crippen MR) is 89.7 cm³/mol. The van der Waals surface area contributed by atoms with Crippen molar-refractivity contribution >= 4 is 24.3 Å². The molecule has 2 aromatic rings. The summed E-state index contributed by atoms with van der Waals surface area (Å²) in [4.78, 5) is 56.2. The molecule has 0 amide bonds. The molecule has 0 aliphatic rings. The highest BCUT2D eigenvalue weighted by atomic mass is 31.2. The van der Waals surface area contributed by atoms with Crippen molar-refractivity contribution in [1.29, 1.82) is 0 Å². The molecular weight excluding hydrogens is 355 g/mol. The minimum Gasteiger partial charge on any atom is -0.324 e. The fourth-order valence-corrected chi connectivity index (χ4v) is 3.57. The minimum atomic E-state index is -4.27. The molecule has 0 aliphatic heterocycles. The molecular formula is C13H17N4O7P. The highest BCUT2D eigenvalue weighted by Gasteiger charge is 2.28. The molecule has 1 aromatic heterocycles. The van der Waals surface area contributed by atoms with Crippen LogP contribution in [-0.4, -0.2) is 36.4 Å². The average Bonchev–Trinajstić information content (AvgIpc) is 2.43. The second-order valence-electron chi connectivity index (χ2n) is 6.25. The Balaban J connectivity index is 2.47. The Hall–Kier alpha value is -2.33. The van der Waals surface area contributed by atoms with Crippen molar-refractivity contribution < 1.29 is 19.3 Å². The van der Waals surface area contributed by atoms with E-state index in [1.165, 1.54) is 6.07 Å². The van der Waals surface area contributed by atoms with Crippen LogP contribution in [-0.2, 0) is 11.1 Å². The number of benzene rings is 1. The highest BCUT2D eigenvalue weighted by Crippen LogP contribution is 2.38. The van der Waals surface area contributed by atoms with E-state index in [2.05, 4.69) is 15.3 Å².